The molecule has 7 nitrogen and oxygen atoms in total. The zero-order chi connectivity index (χ0) is 30.8. The topological polar surface area (TPSA) is 55.5 Å². The molecule has 4 atom stereocenters. The van der Waals surface area contributed by atoms with Gasteiger partial charge in [0.05, 0.1) is 23.9 Å². The average Bonchev–Trinajstić information content (AvgIpc) is 3.55. The van der Waals surface area contributed by atoms with Crippen molar-refractivity contribution in [1.29, 1.82) is 0 Å². The molecule has 1 saturated carbocycles. The molecule has 3 aromatic rings. The molecule has 1 unspecified atom stereocenters. The van der Waals surface area contributed by atoms with Crippen LogP contribution in [0.2, 0.25) is 0 Å². The lowest BCUT2D eigenvalue weighted by molar-refractivity contribution is -0.138. The van der Waals surface area contributed by atoms with Gasteiger partial charge in [-0.3, -0.25) is 14.3 Å². The van der Waals surface area contributed by atoms with E-state index in [4.69, 9.17) is 9.72 Å². The summed E-state index contributed by atoms with van der Waals surface area (Å²) in [7, 11) is 1.74. The number of aromatic nitrogens is 3. The maximum atomic E-state index is 14.1. The van der Waals surface area contributed by atoms with E-state index < -0.39 is 23.7 Å². The quantitative estimate of drug-likeness (QED) is 0.326. The molecule has 234 valence electrons. The molecule has 1 aromatic carbocycles. The van der Waals surface area contributed by atoms with Gasteiger partial charge < -0.3 is 14.2 Å². The number of imidazole rings is 1. The maximum Gasteiger partial charge on any atom is 0.416 e. The van der Waals surface area contributed by atoms with Gasteiger partial charge in [-0.25, -0.2) is 13.8 Å². The Bertz CT molecular complexity index is 1540. The number of anilines is 1. The van der Waals surface area contributed by atoms with Crippen molar-refractivity contribution in [1.82, 2.24) is 19.0 Å². The van der Waals surface area contributed by atoms with E-state index in [1.165, 1.54) is 12.1 Å². The van der Waals surface area contributed by atoms with E-state index in [0.29, 0.717) is 25.2 Å². The van der Waals surface area contributed by atoms with Crippen molar-refractivity contribution in [2.24, 2.45) is 13.0 Å². The minimum Gasteiger partial charge on any atom is -0.376 e. The molecule has 2 aromatic heterocycles. The van der Waals surface area contributed by atoms with Crippen molar-refractivity contribution >= 4 is 16.9 Å². The summed E-state index contributed by atoms with van der Waals surface area (Å²) in [6, 6.07) is 5.86. The van der Waals surface area contributed by atoms with Crippen LogP contribution >= 0.6 is 0 Å². The number of hydrogen-bond acceptors (Lipinski definition) is 5. The lowest BCUT2D eigenvalue weighted by atomic mass is 9.73. The number of piperazine rings is 1. The lowest BCUT2D eigenvalue weighted by Gasteiger charge is -2.52. The number of fused-ring (bicyclic) bond motifs is 1. The van der Waals surface area contributed by atoms with Crippen LogP contribution in [0.25, 0.3) is 11.2 Å². The van der Waals surface area contributed by atoms with E-state index >= 15 is 0 Å². The Kier molecular flexibility index (Phi) is 7.60. The van der Waals surface area contributed by atoms with E-state index in [-0.39, 0.29) is 42.5 Å². The van der Waals surface area contributed by atoms with Gasteiger partial charge in [0.2, 0.25) is 5.92 Å². The molecule has 3 fully saturated rings. The molecule has 2 aliphatic heterocycles. The number of rotatable bonds is 6. The van der Waals surface area contributed by atoms with Gasteiger partial charge in [0.25, 0.3) is 5.56 Å². The Balaban J connectivity index is 1.32. The van der Waals surface area contributed by atoms with E-state index in [2.05, 4.69) is 14.4 Å². The first-order valence-corrected chi connectivity index (χ1v) is 15.0. The highest BCUT2D eigenvalue weighted by Crippen LogP contribution is 2.51. The normalized spacial score (nSPS) is 25.8. The molecule has 4 heterocycles. The summed E-state index contributed by atoms with van der Waals surface area (Å²) in [6.45, 7) is 8.29. The number of benzene rings is 1. The number of pyridine rings is 1. The SMILES string of the molecule is Cc1nc2c(N3C[C@@H](C)N(C(c4ccc(C(F)(F)F)cc4)C4CC(F)(F)C4)C[C@@H]3C)cc(=O)n(C)c2n1C[C@@H]1CCCO1. The first kappa shape index (κ1) is 30.1. The Morgan fingerprint density at radius 2 is 1.79 bits per heavy atom. The zero-order valence-corrected chi connectivity index (χ0v) is 24.9. The van der Waals surface area contributed by atoms with Gasteiger partial charge >= 0.3 is 6.18 Å². The standard InChI is InChI=1S/C31H38F5N5O2/c1-18-16-40(28(22-13-30(32,33)14-22)21-7-9-23(10-8-21)31(34,35)36)19(2)15-39(18)25-12-26(42)38(4)29-27(25)37-20(3)41(29)17-24-6-5-11-43-24/h7-10,12,18-19,22,24,28H,5-6,11,13-17H2,1-4H3/t18-,19+,24-,28?/m0/s1. The average molecular weight is 608 g/mol. The number of aryl methyl sites for hydroxylation is 2. The van der Waals surface area contributed by atoms with Gasteiger partial charge in [0.15, 0.2) is 0 Å². The molecule has 0 N–H and O–H groups in total. The van der Waals surface area contributed by atoms with Crippen LogP contribution in [0, 0.1) is 12.8 Å². The van der Waals surface area contributed by atoms with Gasteiger partial charge in [0.1, 0.15) is 17.0 Å². The Labute approximate surface area is 247 Å². The Morgan fingerprint density at radius 1 is 1.09 bits per heavy atom. The van der Waals surface area contributed by atoms with Gasteiger partial charge in [-0.2, -0.15) is 13.2 Å². The van der Waals surface area contributed by atoms with Crippen LogP contribution in [-0.2, 0) is 24.5 Å². The van der Waals surface area contributed by atoms with E-state index in [0.717, 1.165) is 54.3 Å². The number of nitrogens with zero attached hydrogens (tertiary/aromatic N) is 5. The van der Waals surface area contributed by atoms with Crippen LogP contribution in [0.4, 0.5) is 27.6 Å². The van der Waals surface area contributed by atoms with Crippen molar-refractivity contribution < 1.29 is 26.7 Å². The van der Waals surface area contributed by atoms with Crippen LogP contribution in [0.5, 0.6) is 0 Å². The summed E-state index contributed by atoms with van der Waals surface area (Å²) >= 11 is 0. The molecule has 0 amide bonds. The molecule has 6 rings (SSSR count). The van der Waals surface area contributed by atoms with E-state index in [1.807, 2.05) is 20.8 Å². The summed E-state index contributed by atoms with van der Waals surface area (Å²) in [5, 5.41) is 0. The first-order chi connectivity index (χ1) is 20.2. The summed E-state index contributed by atoms with van der Waals surface area (Å²) < 4.78 is 77.5. The second kappa shape index (κ2) is 10.9. The van der Waals surface area contributed by atoms with Crippen LogP contribution in [0.3, 0.4) is 0 Å². The highest BCUT2D eigenvalue weighted by atomic mass is 19.4. The molecule has 0 spiro atoms. The number of hydrogen-bond donors (Lipinski definition) is 0. The van der Waals surface area contributed by atoms with Crippen LogP contribution in [-0.4, -0.2) is 62.8 Å². The van der Waals surface area contributed by atoms with Crippen LogP contribution in [0.15, 0.2) is 35.1 Å². The van der Waals surface area contributed by atoms with Crippen LogP contribution < -0.4 is 10.5 Å². The second-order valence-corrected chi connectivity index (χ2v) is 12.6. The van der Waals surface area contributed by atoms with Gasteiger partial charge in [-0.05, 0) is 57.2 Å². The molecular formula is C31H38F5N5O2. The zero-order valence-electron chi connectivity index (χ0n) is 24.9. The fraction of sp³-hybridized carbons (Fsp3) is 0.613. The smallest absolute Gasteiger partial charge is 0.376 e. The molecule has 1 aliphatic carbocycles. The summed E-state index contributed by atoms with van der Waals surface area (Å²) in [5.74, 6) is -2.35. The second-order valence-electron chi connectivity index (χ2n) is 12.6. The molecule has 12 heteroatoms. The predicted octanol–water partition coefficient (Wildman–Crippen LogP) is 5.93. The molecule has 2 saturated heterocycles. The summed E-state index contributed by atoms with van der Waals surface area (Å²) in [4.78, 5) is 22.5. The number of ether oxygens (including phenoxy) is 1. The minimum atomic E-state index is -4.47. The van der Waals surface area contributed by atoms with Crippen molar-refractivity contribution in [2.45, 2.75) is 89.3 Å². The third kappa shape index (κ3) is 5.56. The largest absolute Gasteiger partial charge is 0.416 e. The Morgan fingerprint density at radius 3 is 2.40 bits per heavy atom. The fourth-order valence-electron chi connectivity index (χ4n) is 7.29. The molecule has 43 heavy (non-hydrogen) atoms. The van der Waals surface area contributed by atoms with Crippen molar-refractivity contribution in [3.8, 4) is 0 Å². The van der Waals surface area contributed by atoms with Gasteiger partial charge in [0, 0.05) is 63.8 Å². The number of alkyl halides is 5. The minimum absolute atomic E-state index is 0.0679. The number of halogens is 5. The first-order valence-electron chi connectivity index (χ1n) is 15.0. The summed E-state index contributed by atoms with van der Waals surface area (Å²) in [6.07, 6.45) is -3.03. The van der Waals surface area contributed by atoms with E-state index in [1.54, 1.807) is 17.7 Å². The Hall–Kier alpha value is -2.99. The van der Waals surface area contributed by atoms with Crippen LogP contribution in [0.1, 0.15) is 62.5 Å². The summed E-state index contributed by atoms with van der Waals surface area (Å²) in [5.41, 5.74) is 1.88. The van der Waals surface area contributed by atoms with Crippen molar-refractivity contribution in [3.63, 3.8) is 0 Å². The fourth-order valence-corrected chi connectivity index (χ4v) is 7.29. The molecule has 0 bridgehead atoms. The lowest BCUT2D eigenvalue weighted by Crippen LogP contribution is -2.59. The molecular weight excluding hydrogens is 569 g/mol. The van der Waals surface area contributed by atoms with Crippen molar-refractivity contribution in [3.05, 3.63) is 57.6 Å². The molecule has 0 radical (unpaired) electrons. The third-order valence-corrected chi connectivity index (χ3v) is 9.54. The molecule has 3 aliphatic rings. The van der Waals surface area contributed by atoms with Crippen molar-refractivity contribution in [2.75, 3.05) is 24.6 Å². The maximum absolute atomic E-state index is 14.1. The highest BCUT2D eigenvalue weighted by molar-refractivity contribution is 5.87. The highest BCUT2D eigenvalue weighted by Gasteiger charge is 2.51. The monoisotopic (exact) mass is 607 g/mol. The van der Waals surface area contributed by atoms with E-state index in [9.17, 15) is 26.7 Å². The van der Waals surface area contributed by atoms with Gasteiger partial charge in [-0.1, -0.05) is 12.1 Å². The third-order valence-electron chi connectivity index (χ3n) is 9.54. The predicted molar refractivity (Wildman–Crippen MR) is 154 cm³/mol. The van der Waals surface area contributed by atoms with Gasteiger partial charge in [-0.15, -0.1) is 0 Å².